The highest BCUT2D eigenvalue weighted by Crippen LogP contribution is 2.38. The molecule has 0 aromatic carbocycles. The highest BCUT2D eigenvalue weighted by Gasteiger charge is 2.35. The topological polar surface area (TPSA) is 45.1 Å². The third kappa shape index (κ3) is 2.77. The Morgan fingerprint density at radius 1 is 1.75 bits per heavy atom. The molecular weight excluding hydrogens is 240 g/mol. The number of thioether (sulfide) groups is 1. The van der Waals surface area contributed by atoms with E-state index in [-0.39, 0.29) is 12.1 Å². The smallest absolute Gasteiger partial charge is 0.150 e. The van der Waals surface area contributed by atoms with Gasteiger partial charge in [-0.15, -0.1) is 11.3 Å². The van der Waals surface area contributed by atoms with E-state index in [0.717, 1.165) is 17.2 Å². The first-order chi connectivity index (χ1) is 7.78. The monoisotopic (exact) mass is 258 g/mol. The number of hydrogen-bond acceptors (Lipinski definition) is 5. The number of thiazole rings is 1. The third-order valence-corrected chi connectivity index (χ3v) is 5.49. The molecule has 2 rings (SSSR count). The largest absolute Gasteiger partial charge is 0.394 e. The zero-order valence-corrected chi connectivity index (χ0v) is 11.1. The summed E-state index contributed by atoms with van der Waals surface area (Å²) in [6, 6.07) is 0. The second-order valence-corrected chi connectivity index (χ2v) is 6.76. The Labute approximate surface area is 105 Å². The molecule has 0 radical (unpaired) electrons. The maximum Gasteiger partial charge on any atom is 0.150 e. The molecule has 2 unspecified atom stereocenters. The molecule has 3 nitrogen and oxygen atoms in total. The molecule has 90 valence electrons. The fourth-order valence-electron chi connectivity index (χ4n) is 2.27. The van der Waals surface area contributed by atoms with Gasteiger partial charge >= 0.3 is 0 Å². The van der Waals surface area contributed by atoms with Gasteiger partial charge < -0.3 is 10.4 Å². The fraction of sp³-hybridized carbons (Fsp3) is 0.727. The van der Waals surface area contributed by atoms with Crippen molar-refractivity contribution in [3.05, 3.63) is 11.6 Å². The van der Waals surface area contributed by atoms with Crippen LogP contribution in [-0.2, 0) is 0 Å². The molecule has 1 aromatic heterocycles. The van der Waals surface area contributed by atoms with Crippen LogP contribution in [0.5, 0.6) is 0 Å². The Morgan fingerprint density at radius 2 is 2.62 bits per heavy atom. The Hall–Kier alpha value is -0.100. The lowest BCUT2D eigenvalue weighted by atomic mass is 9.82. The van der Waals surface area contributed by atoms with Crippen LogP contribution in [0.3, 0.4) is 0 Å². The molecule has 1 aliphatic carbocycles. The molecule has 0 bridgehead atoms. The van der Waals surface area contributed by atoms with Gasteiger partial charge in [0.05, 0.1) is 6.61 Å². The van der Waals surface area contributed by atoms with Crippen molar-refractivity contribution in [2.24, 2.45) is 0 Å². The van der Waals surface area contributed by atoms with Crippen molar-refractivity contribution in [2.45, 2.75) is 40.8 Å². The van der Waals surface area contributed by atoms with Crippen LogP contribution in [0.2, 0.25) is 0 Å². The maximum absolute atomic E-state index is 9.50. The van der Waals surface area contributed by atoms with Gasteiger partial charge in [0.15, 0.2) is 0 Å². The first kappa shape index (κ1) is 12.4. The van der Waals surface area contributed by atoms with Crippen LogP contribution in [0.4, 0.5) is 0 Å². The number of hydrogen-bond donors (Lipinski definition) is 2. The quantitative estimate of drug-likeness (QED) is 0.868. The number of nitrogens with zero attached hydrogens (tertiary/aromatic N) is 1. The standard InChI is InChI=1S/C11H18N2OS2/c1-12-11(8-14)4-2-3-9(7-11)16-10-13-5-6-15-10/h5-6,9,12,14H,2-4,7-8H2,1H3. The Balaban J connectivity index is 1.96. The molecule has 16 heavy (non-hydrogen) atoms. The summed E-state index contributed by atoms with van der Waals surface area (Å²) in [6.07, 6.45) is 6.38. The van der Waals surface area contributed by atoms with Crippen LogP contribution in [0, 0.1) is 0 Å². The number of aromatic nitrogens is 1. The van der Waals surface area contributed by atoms with E-state index in [1.165, 1.54) is 12.8 Å². The minimum Gasteiger partial charge on any atom is -0.394 e. The van der Waals surface area contributed by atoms with Crippen LogP contribution >= 0.6 is 23.1 Å². The van der Waals surface area contributed by atoms with Gasteiger partial charge in [0.1, 0.15) is 4.34 Å². The minimum atomic E-state index is -0.0623. The molecule has 0 aliphatic heterocycles. The van der Waals surface area contributed by atoms with Gasteiger partial charge in [-0.05, 0) is 26.3 Å². The van der Waals surface area contributed by atoms with Gasteiger partial charge in [-0.2, -0.15) is 0 Å². The van der Waals surface area contributed by atoms with Gasteiger partial charge in [0.25, 0.3) is 0 Å². The number of aliphatic hydroxyl groups excluding tert-OH is 1. The lowest BCUT2D eigenvalue weighted by Gasteiger charge is -2.39. The number of likely N-dealkylation sites (N-methyl/N-ethyl adjacent to an activating group) is 1. The molecule has 0 amide bonds. The van der Waals surface area contributed by atoms with E-state index in [1.807, 2.05) is 30.4 Å². The number of aliphatic hydroxyl groups is 1. The summed E-state index contributed by atoms with van der Waals surface area (Å²) in [6.45, 7) is 0.235. The van der Waals surface area contributed by atoms with Crippen molar-refractivity contribution in [1.82, 2.24) is 10.3 Å². The third-order valence-electron chi connectivity index (χ3n) is 3.31. The van der Waals surface area contributed by atoms with E-state index < -0.39 is 0 Å². The van der Waals surface area contributed by atoms with Crippen molar-refractivity contribution in [3.63, 3.8) is 0 Å². The summed E-state index contributed by atoms with van der Waals surface area (Å²) in [7, 11) is 1.95. The van der Waals surface area contributed by atoms with Crippen LogP contribution in [0.15, 0.2) is 15.9 Å². The number of nitrogens with one attached hydrogen (secondary N) is 1. The first-order valence-corrected chi connectivity index (χ1v) is 7.40. The predicted molar refractivity (Wildman–Crippen MR) is 69.1 cm³/mol. The molecule has 1 aromatic rings. The van der Waals surface area contributed by atoms with Crippen LogP contribution < -0.4 is 5.32 Å². The van der Waals surface area contributed by atoms with E-state index in [1.54, 1.807) is 11.3 Å². The number of rotatable bonds is 4. The molecule has 1 fully saturated rings. The predicted octanol–water partition coefficient (Wildman–Crippen LogP) is 2.13. The zero-order chi connectivity index (χ0) is 11.4. The van der Waals surface area contributed by atoms with Crippen molar-refractivity contribution >= 4 is 23.1 Å². The minimum absolute atomic E-state index is 0.0623. The van der Waals surface area contributed by atoms with Crippen molar-refractivity contribution in [2.75, 3.05) is 13.7 Å². The second kappa shape index (κ2) is 5.49. The zero-order valence-electron chi connectivity index (χ0n) is 9.48. The highest BCUT2D eigenvalue weighted by atomic mass is 32.2. The molecule has 2 N–H and O–H groups in total. The van der Waals surface area contributed by atoms with Crippen LogP contribution in [0.25, 0.3) is 0 Å². The summed E-state index contributed by atoms with van der Waals surface area (Å²) in [5.41, 5.74) is -0.0623. The molecule has 5 heteroatoms. The van der Waals surface area contributed by atoms with E-state index >= 15 is 0 Å². The van der Waals surface area contributed by atoms with Crippen LogP contribution in [-0.4, -0.2) is 34.5 Å². The summed E-state index contributed by atoms with van der Waals surface area (Å²) < 4.78 is 1.15. The van der Waals surface area contributed by atoms with E-state index in [9.17, 15) is 5.11 Å². The first-order valence-electron chi connectivity index (χ1n) is 5.64. The molecule has 2 atom stereocenters. The Bertz CT molecular complexity index is 312. The maximum atomic E-state index is 9.50. The molecular formula is C11H18N2OS2. The summed E-state index contributed by atoms with van der Waals surface area (Å²) >= 11 is 3.56. The van der Waals surface area contributed by atoms with Gasteiger partial charge in [0.2, 0.25) is 0 Å². The van der Waals surface area contributed by atoms with Gasteiger partial charge in [0, 0.05) is 22.4 Å². The van der Waals surface area contributed by atoms with Gasteiger partial charge in [-0.25, -0.2) is 4.98 Å². The molecule has 0 spiro atoms. The lowest BCUT2D eigenvalue weighted by molar-refractivity contribution is 0.131. The summed E-state index contributed by atoms with van der Waals surface area (Å²) in [5, 5.41) is 15.4. The Morgan fingerprint density at radius 3 is 3.25 bits per heavy atom. The summed E-state index contributed by atoms with van der Waals surface area (Å²) in [4.78, 5) is 4.31. The normalized spacial score (nSPS) is 30.5. The van der Waals surface area contributed by atoms with Crippen molar-refractivity contribution in [1.29, 1.82) is 0 Å². The SMILES string of the molecule is CNC1(CO)CCCC(Sc2nccs2)C1. The van der Waals surface area contributed by atoms with Crippen molar-refractivity contribution in [3.8, 4) is 0 Å². The van der Waals surface area contributed by atoms with Crippen molar-refractivity contribution < 1.29 is 5.11 Å². The van der Waals surface area contributed by atoms with Gasteiger partial charge in [-0.1, -0.05) is 18.2 Å². The van der Waals surface area contributed by atoms with E-state index in [0.29, 0.717) is 5.25 Å². The molecule has 1 saturated carbocycles. The van der Waals surface area contributed by atoms with E-state index in [4.69, 9.17) is 0 Å². The fourth-order valence-corrected chi connectivity index (χ4v) is 4.52. The second-order valence-electron chi connectivity index (χ2n) is 4.32. The Kier molecular flexibility index (Phi) is 4.24. The highest BCUT2D eigenvalue weighted by molar-refractivity contribution is 8.01. The van der Waals surface area contributed by atoms with E-state index in [2.05, 4.69) is 10.3 Å². The lowest BCUT2D eigenvalue weighted by Crippen LogP contribution is -2.50. The molecule has 1 heterocycles. The summed E-state index contributed by atoms with van der Waals surface area (Å²) in [5.74, 6) is 0. The van der Waals surface area contributed by atoms with Crippen LogP contribution in [0.1, 0.15) is 25.7 Å². The molecule has 1 aliphatic rings. The van der Waals surface area contributed by atoms with Gasteiger partial charge in [-0.3, -0.25) is 0 Å². The average Bonchev–Trinajstić information content (AvgIpc) is 2.82. The molecule has 0 saturated heterocycles. The average molecular weight is 258 g/mol.